The van der Waals surface area contributed by atoms with E-state index >= 15 is 0 Å². The molecule has 1 aliphatic rings. The van der Waals surface area contributed by atoms with Crippen LogP contribution in [0.5, 0.6) is 5.75 Å². The van der Waals surface area contributed by atoms with Crippen molar-refractivity contribution in [2.24, 2.45) is 0 Å². The van der Waals surface area contributed by atoms with E-state index in [1.54, 1.807) is 17.8 Å². The summed E-state index contributed by atoms with van der Waals surface area (Å²) in [5, 5.41) is 12.2. The van der Waals surface area contributed by atoms with Crippen LogP contribution in [0.2, 0.25) is 0 Å². The van der Waals surface area contributed by atoms with E-state index in [0.29, 0.717) is 5.75 Å². The van der Waals surface area contributed by atoms with Crippen LogP contribution in [-0.4, -0.2) is 5.11 Å². The monoisotopic (exact) mass is 341 g/mol. The van der Waals surface area contributed by atoms with Crippen molar-refractivity contribution < 1.29 is 5.11 Å². The predicted octanol–water partition coefficient (Wildman–Crippen LogP) is 6.48. The van der Waals surface area contributed by atoms with Crippen molar-refractivity contribution in [2.75, 3.05) is 4.90 Å². The van der Waals surface area contributed by atoms with Gasteiger partial charge in [0, 0.05) is 20.6 Å². The Balaban J connectivity index is 1.85. The number of rotatable bonds is 1. The molecule has 5 rings (SSSR count). The molecule has 0 fully saturated rings. The number of phenols is 1. The molecule has 0 atom stereocenters. The van der Waals surface area contributed by atoms with E-state index in [0.717, 1.165) is 16.5 Å². The van der Waals surface area contributed by atoms with Crippen LogP contribution < -0.4 is 4.90 Å². The molecule has 0 aliphatic carbocycles. The first-order valence-corrected chi connectivity index (χ1v) is 9.01. The number of nitrogens with zero attached hydrogens (tertiary/aromatic N) is 1. The van der Waals surface area contributed by atoms with Gasteiger partial charge in [0.25, 0.3) is 0 Å². The first-order chi connectivity index (χ1) is 12.3. The Hall–Kier alpha value is -2.91. The van der Waals surface area contributed by atoms with Gasteiger partial charge in [0.2, 0.25) is 0 Å². The minimum atomic E-state index is 0.312. The summed E-state index contributed by atoms with van der Waals surface area (Å²) in [4.78, 5) is 4.76. The molecule has 0 bridgehead atoms. The van der Waals surface area contributed by atoms with E-state index in [-0.39, 0.29) is 0 Å². The number of para-hydroxylation sites is 2. The number of benzene rings is 4. The highest BCUT2D eigenvalue weighted by molar-refractivity contribution is 7.99. The van der Waals surface area contributed by atoms with Crippen molar-refractivity contribution in [2.45, 2.75) is 9.79 Å². The van der Waals surface area contributed by atoms with E-state index in [4.69, 9.17) is 0 Å². The molecule has 0 aromatic heterocycles. The predicted molar refractivity (Wildman–Crippen MR) is 104 cm³/mol. The second-order valence-corrected chi connectivity index (χ2v) is 7.11. The third-order valence-electron chi connectivity index (χ3n) is 4.55. The van der Waals surface area contributed by atoms with Gasteiger partial charge in [0.15, 0.2) is 0 Å². The lowest BCUT2D eigenvalue weighted by molar-refractivity contribution is 0.481. The Bertz CT molecular complexity index is 1060. The molecule has 4 aromatic rings. The van der Waals surface area contributed by atoms with E-state index in [1.165, 1.54) is 21.2 Å². The van der Waals surface area contributed by atoms with Crippen LogP contribution in [0.15, 0.2) is 94.7 Å². The third-order valence-corrected chi connectivity index (χ3v) is 5.68. The van der Waals surface area contributed by atoms with E-state index in [1.807, 2.05) is 24.3 Å². The lowest BCUT2D eigenvalue weighted by Gasteiger charge is -2.33. The minimum absolute atomic E-state index is 0.312. The summed E-state index contributed by atoms with van der Waals surface area (Å²) in [6, 6.07) is 28.7. The Morgan fingerprint density at radius 3 is 1.80 bits per heavy atom. The highest BCUT2D eigenvalue weighted by atomic mass is 32.2. The number of fused-ring (bicyclic) bond motifs is 3. The molecule has 25 heavy (non-hydrogen) atoms. The van der Waals surface area contributed by atoms with E-state index in [9.17, 15) is 5.11 Å². The van der Waals surface area contributed by atoms with Crippen molar-refractivity contribution >= 4 is 39.6 Å². The van der Waals surface area contributed by atoms with Gasteiger partial charge in [-0.2, -0.15) is 0 Å². The van der Waals surface area contributed by atoms with Crippen LogP contribution in [0.25, 0.3) is 10.8 Å². The van der Waals surface area contributed by atoms with Gasteiger partial charge < -0.3 is 10.0 Å². The quantitative estimate of drug-likeness (QED) is 0.377. The number of hydrogen-bond acceptors (Lipinski definition) is 3. The molecule has 0 saturated carbocycles. The molecular formula is C22H15NOS. The van der Waals surface area contributed by atoms with Gasteiger partial charge in [-0.3, -0.25) is 0 Å². The van der Waals surface area contributed by atoms with Crippen LogP contribution in [0.4, 0.5) is 17.1 Å². The summed E-state index contributed by atoms with van der Waals surface area (Å²) in [7, 11) is 0. The molecule has 120 valence electrons. The van der Waals surface area contributed by atoms with Gasteiger partial charge in [-0.1, -0.05) is 60.3 Å². The SMILES string of the molecule is Oc1ccc(N2c3ccccc3Sc3ccccc32)c2ccccc12. The topological polar surface area (TPSA) is 23.5 Å². The second kappa shape index (κ2) is 5.57. The number of hydrogen-bond donors (Lipinski definition) is 1. The lowest BCUT2D eigenvalue weighted by Crippen LogP contribution is -2.15. The van der Waals surface area contributed by atoms with Crippen LogP contribution in [-0.2, 0) is 0 Å². The maximum atomic E-state index is 10.3. The summed E-state index contributed by atoms with van der Waals surface area (Å²) in [6.07, 6.45) is 0. The van der Waals surface area contributed by atoms with Crippen LogP contribution in [0.1, 0.15) is 0 Å². The average Bonchev–Trinajstić information content (AvgIpc) is 2.67. The number of phenolic OH excluding ortho intramolecular Hbond substituents is 1. The highest BCUT2D eigenvalue weighted by Gasteiger charge is 2.25. The van der Waals surface area contributed by atoms with Crippen LogP contribution in [0, 0.1) is 0 Å². The Morgan fingerprint density at radius 1 is 0.560 bits per heavy atom. The van der Waals surface area contributed by atoms with Crippen molar-refractivity contribution in [1.29, 1.82) is 0 Å². The van der Waals surface area contributed by atoms with Crippen molar-refractivity contribution in [3.05, 3.63) is 84.9 Å². The first-order valence-electron chi connectivity index (χ1n) is 8.20. The highest BCUT2D eigenvalue weighted by Crippen LogP contribution is 2.52. The van der Waals surface area contributed by atoms with Gasteiger partial charge >= 0.3 is 0 Å². The van der Waals surface area contributed by atoms with Gasteiger partial charge in [-0.15, -0.1) is 0 Å². The molecular weight excluding hydrogens is 326 g/mol. The maximum Gasteiger partial charge on any atom is 0.123 e. The summed E-state index contributed by atoms with van der Waals surface area (Å²) in [6.45, 7) is 0. The molecule has 0 radical (unpaired) electrons. The first kappa shape index (κ1) is 14.4. The summed E-state index contributed by atoms with van der Waals surface area (Å²) < 4.78 is 0. The minimum Gasteiger partial charge on any atom is -0.507 e. The van der Waals surface area contributed by atoms with Crippen LogP contribution in [0.3, 0.4) is 0 Å². The molecule has 0 spiro atoms. The summed E-state index contributed by atoms with van der Waals surface area (Å²) >= 11 is 1.80. The zero-order valence-corrected chi connectivity index (χ0v) is 14.2. The van der Waals surface area contributed by atoms with Gasteiger partial charge in [0.1, 0.15) is 5.75 Å². The van der Waals surface area contributed by atoms with E-state index < -0.39 is 0 Å². The Morgan fingerprint density at radius 2 is 1.12 bits per heavy atom. The van der Waals surface area contributed by atoms with Crippen molar-refractivity contribution in [3.63, 3.8) is 0 Å². The zero-order chi connectivity index (χ0) is 16.8. The molecule has 4 aromatic carbocycles. The summed E-state index contributed by atoms with van der Waals surface area (Å²) in [5.41, 5.74) is 3.41. The molecule has 2 nitrogen and oxygen atoms in total. The smallest absolute Gasteiger partial charge is 0.123 e. The largest absolute Gasteiger partial charge is 0.507 e. The molecule has 3 heteroatoms. The van der Waals surface area contributed by atoms with Gasteiger partial charge in [0.05, 0.1) is 17.1 Å². The molecule has 0 saturated heterocycles. The molecule has 0 unspecified atom stereocenters. The maximum absolute atomic E-state index is 10.3. The Kier molecular flexibility index (Phi) is 3.22. The molecule has 1 heterocycles. The molecule has 0 amide bonds. The summed E-state index contributed by atoms with van der Waals surface area (Å²) in [5.74, 6) is 0.312. The van der Waals surface area contributed by atoms with Gasteiger partial charge in [-0.25, -0.2) is 0 Å². The fraction of sp³-hybridized carbons (Fsp3) is 0. The fourth-order valence-corrected chi connectivity index (χ4v) is 4.48. The van der Waals surface area contributed by atoms with Gasteiger partial charge in [-0.05, 0) is 36.4 Å². The third kappa shape index (κ3) is 2.20. The van der Waals surface area contributed by atoms with Crippen molar-refractivity contribution in [1.82, 2.24) is 0 Å². The van der Waals surface area contributed by atoms with Crippen molar-refractivity contribution in [3.8, 4) is 5.75 Å². The zero-order valence-electron chi connectivity index (χ0n) is 13.4. The van der Waals surface area contributed by atoms with E-state index in [2.05, 4.69) is 59.5 Å². The lowest BCUT2D eigenvalue weighted by atomic mass is 10.1. The molecule has 1 aliphatic heterocycles. The standard InChI is InChI=1S/C22H15NOS/c24-20-14-13-17(15-7-1-2-8-16(15)20)23-18-9-3-5-11-21(18)25-22-12-6-4-10-19(22)23/h1-14,24H. The Labute approximate surface area is 150 Å². The number of aromatic hydroxyl groups is 1. The average molecular weight is 341 g/mol. The number of anilines is 3. The normalized spacial score (nSPS) is 12.7. The molecule has 1 N–H and O–H groups in total. The fourth-order valence-electron chi connectivity index (χ4n) is 3.43. The second-order valence-electron chi connectivity index (χ2n) is 6.02. The van der Waals surface area contributed by atoms with Crippen LogP contribution >= 0.6 is 11.8 Å².